The van der Waals surface area contributed by atoms with Crippen molar-refractivity contribution in [2.24, 2.45) is 0 Å². The smallest absolute Gasteiger partial charge is 0.320 e. The number of piperidine rings is 1. The lowest BCUT2D eigenvalue weighted by Gasteiger charge is -2.32. The fraction of sp³-hybridized carbons (Fsp3) is 0.536. The molecule has 2 fully saturated rings. The van der Waals surface area contributed by atoms with Gasteiger partial charge in [-0.2, -0.15) is 0 Å². The second-order valence-electron chi connectivity index (χ2n) is 10.5. The molecule has 3 aliphatic heterocycles. The Labute approximate surface area is 219 Å². The molecule has 9 nitrogen and oxygen atoms in total. The first kappa shape index (κ1) is 25.5. The number of carbonyl (C=O) groups is 2. The van der Waals surface area contributed by atoms with Crippen molar-refractivity contribution >= 4 is 17.6 Å². The number of carbonyl (C=O) groups excluding carboxylic acids is 2. The quantitative estimate of drug-likeness (QED) is 0.570. The van der Waals surface area contributed by atoms with E-state index in [1.807, 2.05) is 23.2 Å². The molecule has 1 aromatic carbocycles. The number of nitrogens with one attached hydrogen (secondary N) is 1. The van der Waals surface area contributed by atoms with Gasteiger partial charge in [0, 0.05) is 65.3 Å². The molecule has 3 amide bonds. The number of hydrogen-bond acceptors (Lipinski definition) is 6. The number of amides is 3. The van der Waals surface area contributed by atoms with Crippen LogP contribution in [0, 0.1) is 0 Å². The summed E-state index contributed by atoms with van der Waals surface area (Å²) < 4.78 is 0. The third-order valence-corrected chi connectivity index (χ3v) is 7.78. The van der Waals surface area contributed by atoms with Gasteiger partial charge >= 0.3 is 6.03 Å². The average Bonchev–Trinajstić information content (AvgIpc) is 3.23. The predicted molar refractivity (Wildman–Crippen MR) is 142 cm³/mol. The van der Waals surface area contributed by atoms with Gasteiger partial charge in [-0.15, -0.1) is 0 Å². The number of aliphatic hydroxyl groups excluding tert-OH is 1. The van der Waals surface area contributed by atoms with E-state index in [4.69, 9.17) is 0 Å². The molecule has 9 heteroatoms. The van der Waals surface area contributed by atoms with Crippen molar-refractivity contribution in [1.82, 2.24) is 24.6 Å². The van der Waals surface area contributed by atoms with E-state index in [1.54, 1.807) is 16.7 Å². The molecule has 0 bridgehead atoms. The van der Waals surface area contributed by atoms with Gasteiger partial charge in [-0.25, -0.2) is 4.79 Å². The standard InChI is InChI=1S/C28H38N6O3/c1-21(35)32-12-9-24(10-13-32)30-25-6-7-26(29-16-25)18-33-14-15-34(28(33)37)20-27(36)19-31-11-8-22-4-2-3-5-23(22)17-31/h2-7,16,24,27,30,36H,8-15,17-20H2,1H3/t27-/m1/s1. The molecule has 2 N–H and O–H groups in total. The number of rotatable bonds is 8. The molecule has 198 valence electrons. The van der Waals surface area contributed by atoms with Crippen LogP contribution in [0.3, 0.4) is 0 Å². The average molecular weight is 507 g/mol. The molecule has 5 rings (SSSR count). The van der Waals surface area contributed by atoms with Gasteiger partial charge in [-0.3, -0.25) is 14.7 Å². The van der Waals surface area contributed by atoms with Gasteiger partial charge in [0.05, 0.1) is 30.2 Å². The third kappa shape index (κ3) is 6.40. The normalized spacial score (nSPS) is 19.7. The summed E-state index contributed by atoms with van der Waals surface area (Å²) in [6.45, 7) is 7.62. The molecule has 1 aromatic heterocycles. The van der Waals surface area contributed by atoms with Crippen LogP contribution in [0.4, 0.5) is 10.5 Å². The maximum Gasteiger partial charge on any atom is 0.320 e. The summed E-state index contributed by atoms with van der Waals surface area (Å²) in [4.78, 5) is 36.8. The van der Waals surface area contributed by atoms with E-state index in [1.165, 1.54) is 11.1 Å². The number of hydrogen-bond donors (Lipinski definition) is 2. The van der Waals surface area contributed by atoms with Crippen LogP contribution < -0.4 is 5.32 Å². The van der Waals surface area contributed by atoms with E-state index >= 15 is 0 Å². The molecular formula is C28H38N6O3. The minimum atomic E-state index is -0.569. The van der Waals surface area contributed by atoms with Crippen LogP contribution in [-0.2, 0) is 24.3 Å². The van der Waals surface area contributed by atoms with E-state index < -0.39 is 6.10 Å². The van der Waals surface area contributed by atoms with Crippen LogP contribution in [0.15, 0.2) is 42.6 Å². The Morgan fingerprint density at radius 1 is 1.03 bits per heavy atom. The van der Waals surface area contributed by atoms with Crippen LogP contribution in [0.1, 0.15) is 36.6 Å². The van der Waals surface area contributed by atoms with Crippen molar-refractivity contribution in [2.45, 2.75) is 51.4 Å². The molecule has 3 aliphatic rings. The highest BCUT2D eigenvalue weighted by molar-refractivity contribution is 5.76. The minimum Gasteiger partial charge on any atom is -0.390 e. The maximum absolute atomic E-state index is 13.0. The highest BCUT2D eigenvalue weighted by atomic mass is 16.3. The van der Waals surface area contributed by atoms with Crippen LogP contribution >= 0.6 is 0 Å². The SMILES string of the molecule is CC(=O)N1CCC(Nc2ccc(CN3CCN(C[C@H](O)CN4CCc5ccccc5C4)C3=O)nc2)CC1. The van der Waals surface area contributed by atoms with E-state index in [0.29, 0.717) is 38.8 Å². The zero-order valence-electron chi connectivity index (χ0n) is 21.7. The number of urea groups is 1. The van der Waals surface area contributed by atoms with Crippen LogP contribution in [0.25, 0.3) is 0 Å². The van der Waals surface area contributed by atoms with Gasteiger partial charge in [-0.1, -0.05) is 24.3 Å². The highest BCUT2D eigenvalue weighted by Crippen LogP contribution is 2.20. The zero-order valence-corrected chi connectivity index (χ0v) is 21.7. The Morgan fingerprint density at radius 3 is 2.51 bits per heavy atom. The lowest BCUT2D eigenvalue weighted by atomic mass is 10.00. The molecule has 0 spiro atoms. The summed E-state index contributed by atoms with van der Waals surface area (Å²) in [5.41, 5.74) is 4.53. The number of likely N-dealkylation sites (tertiary alicyclic amines) is 1. The lowest BCUT2D eigenvalue weighted by Crippen LogP contribution is -2.43. The summed E-state index contributed by atoms with van der Waals surface area (Å²) in [6, 6.07) is 12.8. The van der Waals surface area contributed by atoms with Crippen molar-refractivity contribution in [3.05, 3.63) is 59.4 Å². The number of β-amino-alcohol motifs (C(OH)–C–C–N with tert-alkyl or cyclic N) is 1. The number of benzene rings is 1. The summed E-state index contributed by atoms with van der Waals surface area (Å²) >= 11 is 0. The summed E-state index contributed by atoms with van der Waals surface area (Å²) in [5.74, 6) is 0.141. The van der Waals surface area contributed by atoms with Crippen molar-refractivity contribution in [3.63, 3.8) is 0 Å². The van der Waals surface area contributed by atoms with E-state index in [9.17, 15) is 14.7 Å². The monoisotopic (exact) mass is 506 g/mol. The number of nitrogens with zero attached hydrogens (tertiary/aromatic N) is 5. The van der Waals surface area contributed by atoms with Crippen LogP contribution in [0.2, 0.25) is 0 Å². The van der Waals surface area contributed by atoms with E-state index in [-0.39, 0.29) is 11.9 Å². The number of pyridine rings is 1. The molecule has 4 heterocycles. The zero-order chi connectivity index (χ0) is 25.8. The summed E-state index contributed by atoms with van der Waals surface area (Å²) in [5, 5.41) is 14.2. The van der Waals surface area contributed by atoms with Crippen LogP contribution in [0.5, 0.6) is 0 Å². The number of fused-ring (bicyclic) bond motifs is 1. The topological polar surface area (TPSA) is 92.3 Å². The molecule has 0 radical (unpaired) electrons. The second-order valence-corrected chi connectivity index (χ2v) is 10.5. The fourth-order valence-electron chi connectivity index (χ4n) is 5.64. The maximum atomic E-state index is 13.0. The molecule has 0 aliphatic carbocycles. The van der Waals surface area contributed by atoms with Crippen molar-refractivity contribution in [3.8, 4) is 0 Å². The van der Waals surface area contributed by atoms with Crippen molar-refractivity contribution in [1.29, 1.82) is 0 Å². The third-order valence-electron chi connectivity index (χ3n) is 7.78. The first-order valence-corrected chi connectivity index (χ1v) is 13.4. The van der Waals surface area contributed by atoms with E-state index in [0.717, 1.165) is 56.8 Å². The Bertz CT molecular complexity index is 1090. The van der Waals surface area contributed by atoms with Crippen molar-refractivity contribution < 1.29 is 14.7 Å². The molecular weight excluding hydrogens is 468 g/mol. The number of anilines is 1. The highest BCUT2D eigenvalue weighted by Gasteiger charge is 2.31. The second kappa shape index (κ2) is 11.5. The van der Waals surface area contributed by atoms with Gasteiger partial charge < -0.3 is 25.1 Å². The largest absolute Gasteiger partial charge is 0.390 e. The Morgan fingerprint density at radius 2 is 1.78 bits per heavy atom. The van der Waals surface area contributed by atoms with Gasteiger partial charge in [0.25, 0.3) is 0 Å². The molecule has 2 saturated heterocycles. The van der Waals surface area contributed by atoms with Gasteiger partial charge in [0.1, 0.15) is 0 Å². The summed E-state index contributed by atoms with van der Waals surface area (Å²) in [7, 11) is 0. The molecule has 0 saturated carbocycles. The first-order valence-electron chi connectivity index (χ1n) is 13.4. The molecule has 37 heavy (non-hydrogen) atoms. The fourth-order valence-corrected chi connectivity index (χ4v) is 5.64. The molecule has 2 aromatic rings. The number of aromatic nitrogens is 1. The number of aliphatic hydroxyl groups is 1. The first-order chi connectivity index (χ1) is 17.9. The van der Waals surface area contributed by atoms with E-state index in [2.05, 4.69) is 39.5 Å². The van der Waals surface area contributed by atoms with Gasteiger partial charge in [0.2, 0.25) is 5.91 Å². The Hall–Kier alpha value is -3.17. The Balaban J connectivity index is 1.06. The molecule has 1 atom stereocenters. The minimum absolute atomic E-state index is 0.0377. The van der Waals surface area contributed by atoms with Crippen molar-refractivity contribution in [2.75, 3.05) is 51.1 Å². The van der Waals surface area contributed by atoms with Crippen LogP contribution in [-0.4, -0.2) is 99.6 Å². The predicted octanol–water partition coefficient (Wildman–Crippen LogP) is 2.16. The summed E-state index contributed by atoms with van der Waals surface area (Å²) in [6.07, 6.45) is 4.11. The van der Waals surface area contributed by atoms with Gasteiger partial charge in [-0.05, 0) is 42.5 Å². The van der Waals surface area contributed by atoms with Gasteiger partial charge in [0.15, 0.2) is 0 Å². The lowest BCUT2D eigenvalue weighted by molar-refractivity contribution is -0.129. The molecule has 0 unspecified atom stereocenters. The Kier molecular flexibility index (Phi) is 7.90.